The fraction of sp³-hybridized carbons (Fsp3) is 0.333. The Bertz CT molecular complexity index is 681. The summed E-state index contributed by atoms with van der Waals surface area (Å²) in [6, 6.07) is 4.67. The highest BCUT2D eigenvalue weighted by Crippen LogP contribution is 2.32. The maximum absolute atomic E-state index is 12.6. The Labute approximate surface area is 135 Å². The molecule has 2 rings (SSSR count). The molecule has 0 atom stereocenters. The van der Waals surface area contributed by atoms with E-state index in [2.05, 4.69) is 10.3 Å². The summed E-state index contributed by atoms with van der Waals surface area (Å²) in [5.74, 6) is -0.299. The minimum Gasteiger partial charge on any atom is -0.396 e. The number of nitrogens with one attached hydrogen (secondary N) is 1. The first kappa shape index (κ1) is 17.4. The number of aromatic nitrogens is 1. The van der Waals surface area contributed by atoms with Gasteiger partial charge in [0.05, 0.1) is 11.3 Å². The third-order valence-corrected chi connectivity index (χ3v) is 4.29. The smallest absolute Gasteiger partial charge is 0.396 e. The lowest BCUT2D eigenvalue weighted by atomic mass is 10.1. The van der Waals surface area contributed by atoms with Gasteiger partial charge in [0.15, 0.2) is 0 Å². The van der Waals surface area contributed by atoms with Gasteiger partial charge in [0.1, 0.15) is 9.88 Å². The summed E-state index contributed by atoms with van der Waals surface area (Å²) in [5.41, 5.74) is 0.323. The molecule has 1 heterocycles. The molecule has 0 aliphatic rings. The molecular weight excluding hydrogens is 329 g/mol. The van der Waals surface area contributed by atoms with Crippen LogP contribution in [0.1, 0.15) is 27.3 Å². The quantitative estimate of drug-likeness (QED) is 0.819. The van der Waals surface area contributed by atoms with E-state index >= 15 is 0 Å². The fourth-order valence-corrected chi connectivity index (χ4v) is 2.88. The third kappa shape index (κ3) is 4.29. The van der Waals surface area contributed by atoms with E-state index in [0.29, 0.717) is 34.1 Å². The van der Waals surface area contributed by atoms with Crippen molar-refractivity contribution in [2.24, 2.45) is 0 Å². The molecule has 0 fully saturated rings. The molecule has 124 valence electrons. The predicted molar refractivity (Wildman–Crippen MR) is 81.3 cm³/mol. The fourth-order valence-electron chi connectivity index (χ4n) is 1.89. The second-order valence-corrected chi connectivity index (χ2v) is 5.84. The topological polar surface area (TPSA) is 62.2 Å². The maximum atomic E-state index is 12.6. The van der Waals surface area contributed by atoms with Crippen molar-refractivity contribution in [2.45, 2.75) is 19.5 Å². The van der Waals surface area contributed by atoms with Crippen molar-refractivity contribution in [2.75, 3.05) is 13.2 Å². The van der Waals surface area contributed by atoms with Gasteiger partial charge in [-0.15, -0.1) is 11.3 Å². The van der Waals surface area contributed by atoms with Gasteiger partial charge in [-0.05, 0) is 25.5 Å². The summed E-state index contributed by atoms with van der Waals surface area (Å²) in [4.78, 5) is 16.7. The average Bonchev–Trinajstić information content (AvgIpc) is 2.89. The molecule has 2 N–H and O–H groups in total. The van der Waals surface area contributed by atoms with Crippen molar-refractivity contribution in [3.63, 3.8) is 0 Å². The van der Waals surface area contributed by atoms with Crippen molar-refractivity contribution >= 4 is 17.2 Å². The number of rotatable bonds is 5. The Morgan fingerprint density at radius 3 is 2.52 bits per heavy atom. The van der Waals surface area contributed by atoms with Crippen LogP contribution < -0.4 is 5.32 Å². The summed E-state index contributed by atoms with van der Waals surface area (Å²) >= 11 is 1.13. The first-order chi connectivity index (χ1) is 10.8. The lowest BCUT2D eigenvalue weighted by Gasteiger charge is -2.06. The van der Waals surface area contributed by atoms with Crippen molar-refractivity contribution in [3.05, 3.63) is 40.4 Å². The summed E-state index contributed by atoms with van der Waals surface area (Å²) in [6.45, 7) is 2.01. The molecule has 8 heteroatoms. The lowest BCUT2D eigenvalue weighted by molar-refractivity contribution is -0.137. The van der Waals surface area contributed by atoms with E-state index < -0.39 is 11.7 Å². The molecule has 0 saturated heterocycles. The minimum atomic E-state index is -4.38. The van der Waals surface area contributed by atoms with E-state index in [4.69, 9.17) is 5.11 Å². The Morgan fingerprint density at radius 1 is 1.30 bits per heavy atom. The van der Waals surface area contributed by atoms with Crippen molar-refractivity contribution < 1.29 is 23.1 Å². The van der Waals surface area contributed by atoms with Crippen LogP contribution in [0.2, 0.25) is 0 Å². The molecule has 1 aromatic carbocycles. The molecule has 0 aliphatic heterocycles. The van der Waals surface area contributed by atoms with E-state index in [1.54, 1.807) is 6.92 Å². The molecule has 4 nitrogen and oxygen atoms in total. The van der Waals surface area contributed by atoms with Gasteiger partial charge < -0.3 is 10.4 Å². The average molecular weight is 344 g/mol. The number of aryl methyl sites for hydroxylation is 1. The van der Waals surface area contributed by atoms with Crippen LogP contribution in [-0.4, -0.2) is 29.1 Å². The molecule has 0 saturated carbocycles. The van der Waals surface area contributed by atoms with Gasteiger partial charge in [-0.2, -0.15) is 13.2 Å². The second-order valence-electron chi connectivity index (χ2n) is 4.84. The number of aliphatic hydroxyl groups excluding tert-OH is 1. The van der Waals surface area contributed by atoms with Gasteiger partial charge in [0, 0.05) is 18.7 Å². The monoisotopic (exact) mass is 344 g/mol. The van der Waals surface area contributed by atoms with Gasteiger partial charge in [0.25, 0.3) is 5.91 Å². The Balaban J connectivity index is 2.18. The first-order valence-electron chi connectivity index (χ1n) is 6.87. The summed E-state index contributed by atoms with van der Waals surface area (Å²) in [7, 11) is 0. The van der Waals surface area contributed by atoms with Crippen LogP contribution in [0.5, 0.6) is 0 Å². The zero-order valence-corrected chi connectivity index (χ0v) is 13.1. The highest BCUT2D eigenvalue weighted by Gasteiger charge is 2.30. The Hall–Kier alpha value is -1.93. The number of benzene rings is 1. The zero-order chi connectivity index (χ0) is 17.0. The number of carbonyl (C=O) groups excluding carboxylic acids is 1. The molecule has 23 heavy (non-hydrogen) atoms. The van der Waals surface area contributed by atoms with Crippen LogP contribution >= 0.6 is 11.3 Å². The number of hydrogen-bond donors (Lipinski definition) is 2. The van der Waals surface area contributed by atoms with Crippen LogP contribution in [0.4, 0.5) is 13.2 Å². The Kier molecular flexibility index (Phi) is 5.38. The number of carbonyl (C=O) groups is 1. The normalized spacial score (nSPS) is 11.5. The van der Waals surface area contributed by atoms with E-state index in [1.165, 1.54) is 12.1 Å². The number of alkyl halides is 3. The number of amides is 1. The predicted octanol–water partition coefficient (Wildman–Crippen LogP) is 3.25. The highest BCUT2D eigenvalue weighted by molar-refractivity contribution is 7.17. The van der Waals surface area contributed by atoms with Crippen LogP contribution in [0.25, 0.3) is 10.6 Å². The van der Waals surface area contributed by atoms with Gasteiger partial charge in [0.2, 0.25) is 0 Å². The summed E-state index contributed by atoms with van der Waals surface area (Å²) in [5, 5.41) is 11.8. The molecular formula is C15H15F3N2O2S. The van der Waals surface area contributed by atoms with E-state index in [9.17, 15) is 18.0 Å². The maximum Gasteiger partial charge on any atom is 0.416 e. The summed E-state index contributed by atoms with van der Waals surface area (Å²) in [6.07, 6.45) is -3.93. The minimum absolute atomic E-state index is 0.0151. The van der Waals surface area contributed by atoms with Crippen molar-refractivity contribution in [1.29, 1.82) is 0 Å². The molecule has 0 aliphatic carbocycles. The summed E-state index contributed by atoms with van der Waals surface area (Å²) < 4.78 is 37.7. The van der Waals surface area contributed by atoms with E-state index in [1.807, 2.05) is 0 Å². The molecule has 1 aromatic heterocycles. The molecule has 0 bridgehead atoms. The standard InChI is InChI=1S/C15H15F3N2O2S/c1-9-12(13(22)19-7-2-8-21)23-14(20-9)10-3-5-11(6-4-10)15(16,17)18/h3-6,21H,2,7-8H2,1H3,(H,19,22). The number of thiazole rings is 1. The Morgan fingerprint density at radius 2 is 1.96 bits per heavy atom. The van der Waals surface area contributed by atoms with Crippen LogP contribution in [-0.2, 0) is 6.18 Å². The SMILES string of the molecule is Cc1nc(-c2ccc(C(F)(F)F)cc2)sc1C(=O)NCCCO. The molecule has 0 spiro atoms. The zero-order valence-electron chi connectivity index (χ0n) is 12.3. The van der Waals surface area contributed by atoms with Crippen molar-refractivity contribution in [1.82, 2.24) is 10.3 Å². The molecule has 0 unspecified atom stereocenters. The van der Waals surface area contributed by atoms with Crippen molar-refractivity contribution in [3.8, 4) is 10.6 Å². The van der Waals surface area contributed by atoms with Gasteiger partial charge in [-0.3, -0.25) is 4.79 Å². The third-order valence-electron chi connectivity index (χ3n) is 3.08. The van der Waals surface area contributed by atoms with Gasteiger partial charge in [-0.25, -0.2) is 4.98 Å². The number of hydrogen-bond acceptors (Lipinski definition) is 4. The molecule has 0 radical (unpaired) electrons. The van der Waals surface area contributed by atoms with Gasteiger partial charge >= 0.3 is 6.18 Å². The number of halogens is 3. The van der Waals surface area contributed by atoms with E-state index in [0.717, 1.165) is 23.5 Å². The first-order valence-corrected chi connectivity index (χ1v) is 7.68. The van der Waals surface area contributed by atoms with Crippen LogP contribution in [0, 0.1) is 6.92 Å². The lowest BCUT2D eigenvalue weighted by Crippen LogP contribution is -2.24. The number of aliphatic hydroxyl groups is 1. The molecule has 1 amide bonds. The largest absolute Gasteiger partial charge is 0.416 e. The molecule has 2 aromatic rings. The van der Waals surface area contributed by atoms with Crippen LogP contribution in [0.3, 0.4) is 0 Å². The number of nitrogens with zero attached hydrogens (tertiary/aromatic N) is 1. The van der Waals surface area contributed by atoms with Gasteiger partial charge in [-0.1, -0.05) is 12.1 Å². The second kappa shape index (κ2) is 7.10. The van der Waals surface area contributed by atoms with E-state index in [-0.39, 0.29) is 12.5 Å². The highest BCUT2D eigenvalue weighted by atomic mass is 32.1. The van der Waals surface area contributed by atoms with Crippen LogP contribution in [0.15, 0.2) is 24.3 Å².